The average molecular weight is 431 g/mol. The number of ether oxygens (including phenoxy) is 1. The van der Waals surface area contributed by atoms with Gasteiger partial charge in [-0.05, 0) is 49.9 Å². The van der Waals surface area contributed by atoms with Gasteiger partial charge in [0.1, 0.15) is 0 Å². The fourth-order valence-electron chi connectivity index (χ4n) is 3.70. The van der Waals surface area contributed by atoms with Gasteiger partial charge in [-0.3, -0.25) is 4.79 Å². The molecule has 1 fully saturated rings. The highest BCUT2D eigenvalue weighted by Crippen LogP contribution is 2.28. The molecule has 8 heteroatoms. The predicted octanol–water partition coefficient (Wildman–Crippen LogP) is 3.13. The third-order valence-electron chi connectivity index (χ3n) is 5.46. The van der Waals surface area contributed by atoms with Gasteiger partial charge in [-0.2, -0.15) is 4.31 Å². The van der Waals surface area contributed by atoms with Crippen LogP contribution < -0.4 is 5.32 Å². The summed E-state index contributed by atoms with van der Waals surface area (Å²) in [6, 6.07) is 11.8. The first-order valence-corrected chi connectivity index (χ1v) is 11.2. The molecule has 0 bridgehead atoms. The van der Waals surface area contributed by atoms with E-state index in [1.165, 1.54) is 23.5 Å². The maximum Gasteiger partial charge on any atom is 0.339 e. The molecule has 1 heterocycles. The van der Waals surface area contributed by atoms with E-state index in [-0.39, 0.29) is 35.4 Å². The summed E-state index contributed by atoms with van der Waals surface area (Å²) in [7, 11) is -2.65. The summed E-state index contributed by atoms with van der Waals surface area (Å²) in [5.74, 6) is -1.07. The van der Waals surface area contributed by atoms with Crippen molar-refractivity contribution >= 4 is 27.6 Å². The monoisotopic (exact) mass is 430 g/mol. The number of amides is 1. The van der Waals surface area contributed by atoms with Gasteiger partial charge in [-0.15, -0.1) is 0 Å². The number of piperidine rings is 1. The second kappa shape index (κ2) is 8.97. The van der Waals surface area contributed by atoms with Crippen molar-refractivity contribution in [3.8, 4) is 0 Å². The van der Waals surface area contributed by atoms with Crippen molar-refractivity contribution < 1.29 is 22.7 Å². The van der Waals surface area contributed by atoms with Crippen LogP contribution in [0, 0.1) is 19.8 Å². The van der Waals surface area contributed by atoms with Crippen LogP contribution in [0.3, 0.4) is 0 Å². The number of rotatable bonds is 5. The Morgan fingerprint density at radius 1 is 1.00 bits per heavy atom. The number of carbonyl (C=O) groups excluding carboxylic acids is 2. The van der Waals surface area contributed by atoms with Gasteiger partial charge in [-0.1, -0.05) is 30.3 Å². The lowest BCUT2D eigenvalue weighted by Gasteiger charge is -2.31. The molecule has 0 atom stereocenters. The molecule has 1 amide bonds. The van der Waals surface area contributed by atoms with Crippen LogP contribution in [0.4, 0.5) is 5.69 Å². The largest absolute Gasteiger partial charge is 0.465 e. The molecule has 1 aliphatic heterocycles. The maximum absolute atomic E-state index is 13.1. The molecule has 0 radical (unpaired) electrons. The third kappa shape index (κ3) is 4.39. The lowest BCUT2D eigenvalue weighted by atomic mass is 9.96. The number of hydrogen-bond donors (Lipinski definition) is 1. The highest BCUT2D eigenvalue weighted by atomic mass is 32.2. The highest BCUT2D eigenvalue weighted by Gasteiger charge is 2.34. The number of esters is 1. The zero-order chi connectivity index (χ0) is 21.9. The number of aryl methyl sites for hydroxylation is 2. The van der Waals surface area contributed by atoms with Crippen LogP contribution in [0.5, 0.6) is 0 Å². The number of benzene rings is 2. The van der Waals surface area contributed by atoms with E-state index in [0.717, 1.165) is 16.8 Å². The minimum absolute atomic E-state index is 0.00916. The van der Waals surface area contributed by atoms with Crippen LogP contribution in [0.1, 0.15) is 34.3 Å². The van der Waals surface area contributed by atoms with Crippen molar-refractivity contribution in [1.82, 2.24) is 4.31 Å². The van der Waals surface area contributed by atoms with Gasteiger partial charge in [0, 0.05) is 24.7 Å². The lowest BCUT2D eigenvalue weighted by molar-refractivity contribution is -0.120. The molecule has 0 spiro atoms. The number of sulfonamides is 1. The molecule has 1 saturated heterocycles. The van der Waals surface area contributed by atoms with E-state index in [1.54, 1.807) is 12.1 Å². The summed E-state index contributed by atoms with van der Waals surface area (Å²) >= 11 is 0. The van der Waals surface area contributed by atoms with Gasteiger partial charge in [0.05, 0.1) is 17.6 Å². The van der Waals surface area contributed by atoms with Crippen molar-refractivity contribution in [3.63, 3.8) is 0 Å². The second-order valence-corrected chi connectivity index (χ2v) is 9.33. The molecule has 3 rings (SSSR count). The SMILES string of the molecule is COC(=O)c1ccccc1S(=O)(=O)N1CCC(C(=O)Nc2c(C)cccc2C)CC1. The Hall–Kier alpha value is -2.71. The number of hydrogen-bond acceptors (Lipinski definition) is 5. The van der Waals surface area contributed by atoms with E-state index in [2.05, 4.69) is 5.32 Å². The summed E-state index contributed by atoms with van der Waals surface area (Å²) in [6.45, 7) is 4.30. The van der Waals surface area contributed by atoms with Gasteiger partial charge in [-0.25, -0.2) is 13.2 Å². The van der Waals surface area contributed by atoms with Crippen molar-refractivity contribution in [2.75, 3.05) is 25.5 Å². The van der Waals surface area contributed by atoms with Gasteiger partial charge in [0.2, 0.25) is 15.9 Å². The number of carbonyl (C=O) groups is 2. The zero-order valence-electron chi connectivity index (χ0n) is 17.3. The first kappa shape index (κ1) is 22.0. The molecular formula is C22H26N2O5S. The smallest absolute Gasteiger partial charge is 0.339 e. The topological polar surface area (TPSA) is 92.8 Å². The van der Waals surface area contributed by atoms with Crippen LogP contribution in [0.2, 0.25) is 0 Å². The van der Waals surface area contributed by atoms with Crippen molar-refractivity contribution in [2.45, 2.75) is 31.6 Å². The Morgan fingerprint density at radius 2 is 1.60 bits per heavy atom. The Balaban J connectivity index is 1.71. The first-order valence-electron chi connectivity index (χ1n) is 9.80. The van der Waals surface area contributed by atoms with Gasteiger partial charge >= 0.3 is 5.97 Å². The summed E-state index contributed by atoms with van der Waals surface area (Å²) in [4.78, 5) is 24.6. The predicted molar refractivity (Wildman–Crippen MR) is 114 cm³/mol. The van der Waals surface area contributed by atoms with Gasteiger partial charge in [0.25, 0.3) is 0 Å². The molecule has 0 unspecified atom stereocenters. The lowest BCUT2D eigenvalue weighted by Crippen LogP contribution is -2.41. The molecule has 0 aliphatic carbocycles. The first-order chi connectivity index (χ1) is 14.3. The normalized spacial score (nSPS) is 15.6. The van der Waals surface area contributed by atoms with Crippen LogP contribution in [-0.4, -0.2) is 44.8 Å². The summed E-state index contributed by atoms with van der Waals surface area (Å²) < 4.78 is 32.2. The average Bonchev–Trinajstić information content (AvgIpc) is 2.75. The number of anilines is 1. The van der Waals surface area contributed by atoms with E-state index in [4.69, 9.17) is 4.74 Å². The summed E-state index contributed by atoms with van der Waals surface area (Å²) in [6.07, 6.45) is 0.826. The van der Waals surface area contributed by atoms with Crippen molar-refractivity contribution in [3.05, 3.63) is 59.2 Å². The molecule has 1 aliphatic rings. The van der Waals surface area contributed by atoms with Crippen LogP contribution >= 0.6 is 0 Å². The minimum atomic E-state index is -3.87. The number of nitrogens with one attached hydrogen (secondary N) is 1. The molecule has 1 N–H and O–H groups in total. The minimum Gasteiger partial charge on any atom is -0.465 e. The van der Waals surface area contributed by atoms with E-state index in [1.807, 2.05) is 32.0 Å². The molecule has 30 heavy (non-hydrogen) atoms. The van der Waals surface area contributed by atoms with Crippen molar-refractivity contribution in [1.29, 1.82) is 0 Å². The Morgan fingerprint density at radius 3 is 2.20 bits per heavy atom. The highest BCUT2D eigenvalue weighted by molar-refractivity contribution is 7.89. The quantitative estimate of drug-likeness (QED) is 0.736. The van der Waals surface area contributed by atoms with E-state index >= 15 is 0 Å². The standard InChI is InChI=1S/C22H26N2O5S/c1-15-7-6-8-16(2)20(15)23-21(25)17-11-13-24(14-12-17)30(27,28)19-10-5-4-9-18(19)22(26)29-3/h4-10,17H,11-14H2,1-3H3,(H,23,25). The molecule has 2 aromatic rings. The maximum atomic E-state index is 13.1. The molecule has 7 nitrogen and oxygen atoms in total. The van der Waals surface area contributed by atoms with Crippen LogP contribution in [0.25, 0.3) is 0 Å². The Kier molecular flexibility index (Phi) is 6.58. The molecule has 2 aromatic carbocycles. The Labute approximate surface area is 177 Å². The van der Waals surface area contributed by atoms with E-state index in [9.17, 15) is 18.0 Å². The molecule has 0 saturated carbocycles. The Bertz CT molecular complexity index is 1040. The molecule has 160 valence electrons. The number of methoxy groups -OCH3 is 1. The van der Waals surface area contributed by atoms with Crippen molar-refractivity contribution in [2.24, 2.45) is 5.92 Å². The van der Waals surface area contributed by atoms with Gasteiger partial charge in [0.15, 0.2) is 0 Å². The van der Waals surface area contributed by atoms with E-state index in [0.29, 0.717) is 12.8 Å². The third-order valence-corrected chi connectivity index (χ3v) is 7.42. The van der Waals surface area contributed by atoms with Gasteiger partial charge < -0.3 is 10.1 Å². The van der Waals surface area contributed by atoms with Crippen LogP contribution in [-0.2, 0) is 19.6 Å². The summed E-state index contributed by atoms with van der Waals surface area (Å²) in [5, 5.41) is 3.00. The fourth-order valence-corrected chi connectivity index (χ4v) is 5.35. The number of nitrogens with zero attached hydrogens (tertiary/aromatic N) is 1. The molecule has 0 aromatic heterocycles. The fraction of sp³-hybridized carbons (Fsp3) is 0.364. The second-order valence-electron chi connectivity index (χ2n) is 7.42. The van der Waals surface area contributed by atoms with Crippen LogP contribution in [0.15, 0.2) is 47.4 Å². The zero-order valence-corrected chi connectivity index (χ0v) is 18.2. The molecular weight excluding hydrogens is 404 g/mol. The van der Waals surface area contributed by atoms with E-state index < -0.39 is 16.0 Å². The summed E-state index contributed by atoms with van der Waals surface area (Å²) in [5.41, 5.74) is 2.80. The number of para-hydroxylation sites is 1.